The Balaban J connectivity index is 1.59. The highest BCUT2D eigenvalue weighted by Gasteiger charge is 2.22. The third kappa shape index (κ3) is 4.82. The topological polar surface area (TPSA) is 205 Å². The summed E-state index contributed by atoms with van der Waals surface area (Å²) >= 11 is 0. The van der Waals surface area contributed by atoms with E-state index in [4.69, 9.17) is 4.98 Å². The Morgan fingerprint density at radius 3 is 1.97 bits per heavy atom. The van der Waals surface area contributed by atoms with Gasteiger partial charge in [-0.15, -0.1) is 20.4 Å². The zero-order chi connectivity index (χ0) is 23.2. The van der Waals surface area contributed by atoms with Gasteiger partial charge in [-0.05, 0) is 42.4 Å². The van der Waals surface area contributed by atoms with Crippen molar-refractivity contribution in [2.75, 3.05) is 0 Å². The monoisotopic (exact) mass is 461 g/mol. The van der Waals surface area contributed by atoms with Crippen LogP contribution in [-0.4, -0.2) is 77.1 Å². The number of nitrogens with one attached hydrogen (secondary N) is 4. The van der Waals surface area contributed by atoms with Gasteiger partial charge in [-0.3, -0.25) is 4.98 Å². The van der Waals surface area contributed by atoms with Gasteiger partial charge in [0, 0.05) is 30.7 Å². The molecule has 0 fully saturated rings. The summed E-state index contributed by atoms with van der Waals surface area (Å²) in [4.78, 5) is 5.09. The van der Waals surface area contributed by atoms with E-state index >= 15 is 0 Å². The molecule has 0 amide bonds. The lowest BCUT2D eigenvalue weighted by Crippen LogP contribution is -2.15. The van der Waals surface area contributed by atoms with E-state index in [0.29, 0.717) is 37.3 Å². The molecule has 0 atom stereocenters. The lowest BCUT2D eigenvalue weighted by atomic mass is 9.88. The highest BCUT2D eigenvalue weighted by atomic mass is 15.5. The highest BCUT2D eigenvalue weighted by Crippen LogP contribution is 2.27. The van der Waals surface area contributed by atoms with Gasteiger partial charge in [0.05, 0.1) is 23.8 Å². The maximum atomic E-state index is 5.09. The molecule has 0 saturated heterocycles. The smallest absolute Gasteiger partial charge is 0.178 e. The molecule has 5 aromatic heterocycles. The van der Waals surface area contributed by atoms with Crippen molar-refractivity contribution in [2.24, 2.45) is 0 Å². The van der Waals surface area contributed by atoms with E-state index in [9.17, 15) is 0 Å². The van der Waals surface area contributed by atoms with Gasteiger partial charge < -0.3 is 0 Å². The van der Waals surface area contributed by atoms with Crippen LogP contribution in [0.15, 0.2) is 12.4 Å². The number of hydrogen-bond donors (Lipinski definition) is 4. The van der Waals surface area contributed by atoms with Gasteiger partial charge in [-0.25, -0.2) is 0 Å². The molecular formula is C19H23N15. The molecule has 34 heavy (non-hydrogen) atoms. The van der Waals surface area contributed by atoms with Gasteiger partial charge in [-0.2, -0.15) is 41.2 Å². The number of aryl methyl sites for hydroxylation is 4. The minimum Gasteiger partial charge on any atom is -0.257 e. The minimum absolute atomic E-state index is 0.495. The maximum absolute atomic E-state index is 5.09. The predicted molar refractivity (Wildman–Crippen MR) is 115 cm³/mol. The van der Waals surface area contributed by atoms with Crippen molar-refractivity contribution in [1.29, 1.82) is 0 Å². The van der Waals surface area contributed by atoms with E-state index in [1.54, 1.807) is 12.4 Å². The second-order valence-corrected chi connectivity index (χ2v) is 7.73. The van der Waals surface area contributed by atoms with Gasteiger partial charge in [0.1, 0.15) is 0 Å². The van der Waals surface area contributed by atoms with E-state index in [1.165, 1.54) is 5.56 Å². The minimum atomic E-state index is 0.495. The van der Waals surface area contributed by atoms with Crippen molar-refractivity contribution in [3.8, 4) is 0 Å². The summed E-state index contributed by atoms with van der Waals surface area (Å²) in [7, 11) is 0. The van der Waals surface area contributed by atoms with E-state index in [1.807, 2.05) is 0 Å². The van der Waals surface area contributed by atoms with Crippen molar-refractivity contribution in [3.05, 3.63) is 63.5 Å². The first-order valence-electron chi connectivity index (χ1n) is 11.0. The Bertz CT molecular complexity index is 1270. The molecule has 0 radical (unpaired) electrons. The summed E-state index contributed by atoms with van der Waals surface area (Å²) in [6, 6.07) is 0. The van der Waals surface area contributed by atoms with Crippen molar-refractivity contribution >= 4 is 0 Å². The van der Waals surface area contributed by atoms with Crippen LogP contribution in [0, 0.1) is 0 Å². The molecule has 15 nitrogen and oxygen atoms in total. The Labute approximate surface area is 193 Å². The average Bonchev–Trinajstić information content (AvgIpc) is 3.67. The summed E-state index contributed by atoms with van der Waals surface area (Å²) < 4.78 is 0. The van der Waals surface area contributed by atoms with Crippen LogP contribution in [0.1, 0.15) is 58.0 Å². The van der Waals surface area contributed by atoms with Crippen LogP contribution in [0.3, 0.4) is 0 Å². The highest BCUT2D eigenvalue weighted by molar-refractivity contribution is 5.44. The fraction of sp³-hybridized carbons (Fsp3) is 0.421. The summed E-state index contributed by atoms with van der Waals surface area (Å²) in [6.07, 6.45) is 8.11. The number of hydrogen-bond acceptors (Lipinski definition) is 11. The number of aromatic amines is 4. The lowest BCUT2D eigenvalue weighted by Gasteiger charge is -2.20. The summed E-state index contributed by atoms with van der Waals surface area (Å²) in [6.45, 7) is 2.11. The summed E-state index contributed by atoms with van der Waals surface area (Å²) in [5.74, 6) is 1.24. The normalized spacial score (nSPS) is 11.3. The zero-order valence-electron chi connectivity index (χ0n) is 18.5. The molecule has 4 N–H and O–H groups in total. The van der Waals surface area contributed by atoms with Crippen molar-refractivity contribution in [2.45, 2.75) is 51.9 Å². The van der Waals surface area contributed by atoms with Crippen LogP contribution < -0.4 is 0 Å². The van der Waals surface area contributed by atoms with Crippen LogP contribution in [0.4, 0.5) is 0 Å². The quantitative estimate of drug-likeness (QED) is 0.200. The van der Waals surface area contributed by atoms with E-state index < -0.39 is 0 Å². The molecule has 5 heterocycles. The van der Waals surface area contributed by atoms with Gasteiger partial charge in [0.25, 0.3) is 0 Å². The molecule has 0 unspecified atom stereocenters. The molecule has 174 valence electrons. The predicted octanol–water partition coefficient (Wildman–Crippen LogP) is -0.342. The molecule has 0 spiro atoms. The number of aromatic nitrogens is 15. The molecule has 0 aliphatic heterocycles. The van der Waals surface area contributed by atoms with Crippen molar-refractivity contribution < 1.29 is 0 Å². The van der Waals surface area contributed by atoms with Crippen molar-refractivity contribution in [3.63, 3.8) is 0 Å². The largest absolute Gasteiger partial charge is 0.257 e. The van der Waals surface area contributed by atoms with Gasteiger partial charge >= 0.3 is 0 Å². The third-order valence-corrected chi connectivity index (χ3v) is 5.65. The number of nitrogens with zero attached hydrogens (tertiary/aromatic N) is 11. The number of tetrazole rings is 2. The fourth-order valence-electron chi connectivity index (χ4n) is 4.07. The van der Waals surface area contributed by atoms with Crippen LogP contribution >= 0.6 is 0 Å². The third-order valence-electron chi connectivity index (χ3n) is 5.65. The zero-order valence-corrected chi connectivity index (χ0v) is 18.5. The molecule has 5 rings (SSSR count). The number of rotatable bonds is 11. The first-order valence-corrected chi connectivity index (χ1v) is 11.0. The van der Waals surface area contributed by atoms with Gasteiger partial charge in [0.2, 0.25) is 0 Å². The van der Waals surface area contributed by atoms with Crippen LogP contribution in [0.2, 0.25) is 0 Å². The lowest BCUT2D eigenvalue weighted by molar-refractivity contribution is 0.775. The van der Waals surface area contributed by atoms with E-state index in [2.05, 4.69) is 79.0 Å². The van der Waals surface area contributed by atoms with E-state index in [0.717, 1.165) is 53.2 Å². The number of pyridine rings is 1. The van der Waals surface area contributed by atoms with Gasteiger partial charge in [0.15, 0.2) is 11.6 Å². The standard InChI is InChI=1S/C19H23N15/c1-2-16-14(7-12-10-21-30-24-12)13(4-3-11-9-20-29-23-11)15(8-19-27-33-34-28-19)17(22-16)5-6-18-25-31-32-26-18/h9-10H,2-8H2,1H3,(H,20,23,29)(H,21,24,30)(H,25,26,31,32)(H,27,28,33,34). The van der Waals surface area contributed by atoms with E-state index in [-0.39, 0.29) is 0 Å². The molecule has 0 aromatic carbocycles. The SMILES string of the molecule is CCc1nc(CCc2nn[nH]n2)c(Cc2nn[nH]n2)c(CCc2cn[nH]n2)c1Cc1cn[nH]n1. The second kappa shape index (κ2) is 10.0. The van der Waals surface area contributed by atoms with Crippen LogP contribution in [0.5, 0.6) is 0 Å². The van der Waals surface area contributed by atoms with Crippen LogP contribution in [-0.2, 0) is 44.9 Å². The summed E-state index contributed by atoms with van der Waals surface area (Å²) in [5, 5.41) is 50.8. The number of H-pyrrole nitrogens is 4. The second-order valence-electron chi connectivity index (χ2n) is 7.73. The molecule has 0 aliphatic carbocycles. The molecule has 0 aliphatic rings. The van der Waals surface area contributed by atoms with Crippen molar-refractivity contribution in [1.82, 2.24) is 77.1 Å². The Kier molecular flexibility index (Phi) is 6.31. The fourth-order valence-corrected chi connectivity index (χ4v) is 4.07. The average molecular weight is 461 g/mol. The molecule has 15 heteroatoms. The Morgan fingerprint density at radius 2 is 1.32 bits per heavy atom. The van der Waals surface area contributed by atoms with Gasteiger partial charge in [-0.1, -0.05) is 17.4 Å². The molecular weight excluding hydrogens is 438 g/mol. The maximum Gasteiger partial charge on any atom is 0.178 e. The Morgan fingerprint density at radius 1 is 0.618 bits per heavy atom. The first-order chi connectivity index (χ1) is 16.8. The van der Waals surface area contributed by atoms with Crippen LogP contribution in [0.25, 0.3) is 0 Å². The molecule has 0 saturated carbocycles. The molecule has 5 aromatic rings. The first kappa shape index (κ1) is 21.4. The summed E-state index contributed by atoms with van der Waals surface area (Å²) in [5.41, 5.74) is 7.13. The Hall–Kier alpha value is -4.43. The molecule has 0 bridgehead atoms.